The predicted octanol–water partition coefficient (Wildman–Crippen LogP) is 2.45. The Bertz CT molecular complexity index is 1100. The average molecular weight is 556 g/mol. The summed E-state index contributed by atoms with van der Waals surface area (Å²) in [6.45, 7) is 10.7. The van der Waals surface area contributed by atoms with Crippen LogP contribution in [0, 0.1) is 0 Å². The molecular formula is C28H41N5O3SSi. The fourth-order valence-electron chi connectivity index (χ4n) is 5.50. The van der Waals surface area contributed by atoms with E-state index >= 15 is 0 Å². The number of benzene rings is 2. The van der Waals surface area contributed by atoms with E-state index in [4.69, 9.17) is 4.43 Å². The van der Waals surface area contributed by atoms with Crippen LogP contribution in [0.2, 0.25) is 5.04 Å². The summed E-state index contributed by atoms with van der Waals surface area (Å²) < 4.78 is 8.77. The van der Waals surface area contributed by atoms with Gasteiger partial charge in [0.25, 0.3) is 8.32 Å². The Labute approximate surface area is 231 Å². The Balaban J connectivity index is 1.66. The van der Waals surface area contributed by atoms with E-state index < -0.39 is 20.5 Å². The molecule has 4 atom stereocenters. The van der Waals surface area contributed by atoms with Gasteiger partial charge in [-0.3, -0.25) is 4.90 Å². The number of unbranched alkanes of at least 4 members (excludes halogenated alkanes) is 1. The van der Waals surface area contributed by atoms with Crippen LogP contribution in [0.5, 0.6) is 0 Å². The van der Waals surface area contributed by atoms with Crippen LogP contribution in [0.3, 0.4) is 0 Å². The van der Waals surface area contributed by atoms with Crippen molar-refractivity contribution in [2.75, 3.05) is 19.7 Å². The highest BCUT2D eigenvalue weighted by Gasteiger charge is 2.52. The molecule has 8 nitrogen and oxygen atoms in total. The summed E-state index contributed by atoms with van der Waals surface area (Å²) in [5.74, 6) is 0. The predicted molar refractivity (Wildman–Crippen MR) is 154 cm³/mol. The molecule has 1 saturated heterocycles. The maximum Gasteiger partial charge on any atom is 0.261 e. The van der Waals surface area contributed by atoms with Crippen LogP contribution < -0.4 is 10.4 Å². The van der Waals surface area contributed by atoms with Crippen LogP contribution in [-0.4, -0.2) is 86.8 Å². The molecule has 1 aliphatic heterocycles. The number of aromatic nitrogens is 4. The molecule has 3 aromatic rings. The van der Waals surface area contributed by atoms with E-state index in [0.717, 1.165) is 19.4 Å². The van der Waals surface area contributed by atoms with Gasteiger partial charge < -0.3 is 14.6 Å². The van der Waals surface area contributed by atoms with Crippen LogP contribution >= 0.6 is 11.8 Å². The van der Waals surface area contributed by atoms with Gasteiger partial charge in [-0.15, -0.1) is 5.10 Å². The van der Waals surface area contributed by atoms with E-state index in [1.807, 2.05) is 12.1 Å². The lowest BCUT2D eigenvalue weighted by Gasteiger charge is -2.48. The second-order valence-corrected chi connectivity index (χ2v) is 16.6. The molecule has 2 aromatic carbocycles. The topological polar surface area (TPSA) is 96.5 Å². The lowest BCUT2D eigenvalue weighted by atomic mass is 9.95. The molecule has 2 heterocycles. The van der Waals surface area contributed by atoms with Crippen molar-refractivity contribution < 1.29 is 14.6 Å². The summed E-state index contributed by atoms with van der Waals surface area (Å²) in [5.41, 5.74) is 0. The number of aliphatic hydroxyl groups excluding tert-OH is 2. The van der Waals surface area contributed by atoms with E-state index in [9.17, 15) is 10.2 Å². The molecule has 0 saturated carbocycles. The van der Waals surface area contributed by atoms with Crippen molar-refractivity contribution in [3.05, 3.63) is 60.7 Å². The van der Waals surface area contributed by atoms with Crippen molar-refractivity contribution >= 4 is 30.5 Å². The van der Waals surface area contributed by atoms with Crippen molar-refractivity contribution in [1.29, 1.82) is 0 Å². The molecule has 1 aliphatic rings. The Morgan fingerprint density at radius 3 is 2.11 bits per heavy atom. The van der Waals surface area contributed by atoms with Gasteiger partial charge in [0.1, 0.15) is 0 Å². The summed E-state index contributed by atoms with van der Waals surface area (Å²) in [7, 11) is -0.995. The van der Waals surface area contributed by atoms with Gasteiger partial charge in [0.15, 0.2) is 0 Å². The quantitative estimate of drug-likeness (QED) is 0.369. The number of rotatable bonds is 10. The number of thioether (sulfide) groups is 1. The minimum atomic E-state index is -2.78. The Morgan fingerprint density at radius 2 is 1.61 bits per heavy atom. The first-order valence-corrected chi connectivity index (χ1v) is 16.2. The highest BCUT2D eigenvalue weighted by molar-refractivity contribution is 7.99. The van der Waals surface area contributed by atoms with Gasteiger partial charge in [0.2, 0.25) is 5.16 Å². The van der Waals surface area contributed by atoms with E-state index in [1.54, 1.807) is 11.7 Å². The molecule has 10 heteroatoms. The molecule has 206 valence electrons. The second-order valence-electron chi connectivity index (χ2n) is 11.1. The van der Waals surface area contributed by atoms with Crippen molar-refractivity contribution in [2.24, 2.45) is 7.05 Å². The van der Waals surface area contributed by atoms with Gasteiger partial charge in [-0.05, 0) is 38.8 Å². The Morgan fingerprint density at radius 1 is 1.00 bits per heavy atom. The SMILES string of the molecule is CCCCN1C[C@H](Sc2nnnn2C)[C@@H](O)[C@H](O)[C@H]1CO[Si](c1ccccc1)(c1ccccc1)C(C)(C)C. The largest absolute Gasteiger partial charge is 0.406 e. The molecule has 0 unspecified atom stereocenters. The highest BCUT2D eigenvalue weighted by atomic mass is 32.2. The lowest BCUT2D eigenvalue weighted by molar-refractivity contribution is -0.0840. The first-order valence-electron chi connectivity index (χ1n) is 13.4. The number of aliphatic hydroxyl groups is 2. The van der Waals surface area contributed by atoms with E-state index in [0.29, 0.717) is 18.3 Å². The molecule has 0 aliphatic carbocycles. The molecule has 0 spiro atoms. The molecular weight excluding hydrogens is 514 g/mol. The summed E-state index contributed by atoms with van der Waals surface area (Å²) >= 11 is 1.41. The number of tetrazole rings is 1. The number of nitrogens with zero attached hydrogens (tertiary/aromatic N) is 5. The minimum Gasteiger partial charge on any atom is -0.406 e. The minimum absolute atomic E-state index is 0.168. The molecule has 0 radical (unpaired) electrons. The van der Waals surface area contributed by atoms with Gasteiger partial charge in [0, 0.05) is 13.6 Å². The molecule has 1 fully saturated rings. The summed E-state index contributed by atoms with van der Waals surface area (Å²) in [4.78, 5) is 2.29. The molecule has 38 heavy (non-hydrogen) atoms. The molecule has 1 aromatic heterocycles. The maximum atomic E-state index is 11.5. The Kier molecular flexibility index (Phi) is 9.43. The van der Waals surface area contributed by atoms with Gasteiger partial charge >= 0.3 is 0 Å². The fourth-order valence-corrected chi connectivity index (χ4v) is 11.2. The Hall–Kier alpha value is -2.08. The fraction of sp³-hybridized carbons (Fsp3) is 0.536. The number of hydrogen-bond donors (Lipinski definition) is 2. The molecule has 0 amide bonds. The summed E-state index contributed by atoms with van der Waals surface area (Å²) in [5, 5.41) is 37.0. The van der Waals surface area contributed by atoms with Gasteiger partial charge in [-0.1, -0.05) is 107 Å². The smallest absolute Gasteiger partial charge is 0.261 e. The first-order chi connectivity index (χ1) is 18.2. The van der Waals surface area contributed by atoms with E-state index in [2.05, 4.69) is 96.7 Å². The van der Waals surface area contributed by atoms with E-state index in [-0.39, 0.29) is 16.3 Å². The number of piperidine rings is 1. The van der Waals surface area contributed by atoms with Crippen molar-refractivity contribution in [2.45, 2.75) is 74.2 Å². The average Bonchev–Trinajstić information content (AvgIpc) is 3.31. The zero-order valence-electron chi connectivity index (χ0n) is 23.1. The van der Waals surface area contributed by atoms with Gasteiger partial charge in [-0.25, -0.2) is 4.68 Å². The third-order valence-corrected chi connectivity index (χ3v) is 13.8. The van der Waals surface area contributed by atoms with Crippen LogP contribution in [0.25, 0.3) is 0 Å². The monoisotopic (exact) mass is 555 g/mol. The summed E-state index contributed by atoms with van der Waals surface area (Å²) in [6, 6.07) is 20.7. The zero-order valence-corrected chi connectivity index (χ0v) is 24.9. The second kappa shape index (κ2) is 12.4. The highest BCUT2D eigenvalue weighted by Crippen LogP contribution is 2.38. The van der Waals surface area contributed by atoms with Crippen LogP contribution in [0.15, 0.2) is 65.8 Å². The number of aryl methyl sites for hydroxylation is 1. The zero-order chi connectivity index (χ0) is 27.3. The maximum absolute atomic E-state index is 11.5. The van der Waals surface area contributed by atoms with Gasteiger partial charge in [-0.2, -0.15) is 0 Å². The van der Waals surface area contributed by atoms with Crippen molar-refractivity contribution in [3.8, 4) is 0 Å². The van der Waals surface area contributed by atoms with Crippen molar-refractivity contribution in [3.63, 3.8) is 0 Å². The third kappa shape index (κ3) is 5.90. The summed E-state index contributed by atoms with van der Waals surface area (Å²) in [6.07, 6.45) is 0.156. The van der Waals surface area contributed by atoms with Crippen LogP contribution in [0.1, 0.15) is 40.5 Å². The molecule has 4 rings (SSSR count). The van der Waals surface area contributed by atoms with Crippen LogP contribution in [0.4, 0.5) is 0 Å². The van der Waals surface area contributed by atoms with Gasteiger partial charge in [0.05, 0.1) is 30.1 Å². The first kappa shape index (κ1) is 28.9. The normalized spacial score (nSPS) is 23.0. The standard InChI is InChI=1S/C28H41N5O3SSi/c1-6-7-18-33-19-24(37-27-29-30-31-32(27)5)26(35)25(34)23(33)20-36-38(28(2,3)4,21-14-10-8-11-15-21)22-16-12-9-13-17-22/h8-17,23-26,34-35H,6-7,18-20H2,1-5H3/t23-,24+,25-,26-/m1/s1. The number of likely N-dealkylation sites (tertiary alicyclic amines) is 1. The van der Waals surface area contributed by atoms with E-state index in [1.165, 1.54) is 22.1 Å². The number of hydrogen-bond acceptors (Lipinski definition) is 8. The molecule has 0 bridgehead atoms. The molecule has 2 N–H and O–H groups in total. The van der Waals surface area contributed by atoms with Crippen molar-refractivity contribution in [1.82, 2.24) is 25.1 Å². The third-order valence-electron chi connectivity index (χ3n) is 7.53. The lowest BCUT2D eigenvalue weighted by Crippen LogP contribution is -2.69. The van der Waals surface area contributed by atoms with Crippen LogP contribution in [-0.2, 0) is 11.5 Å².